The summed E-state index contributed by atoms with van der Waals surface area (Å²) in [7, 11) is 2.31. The van der Waals surface area contributed by atoms with Crippen LogP contribution in [0.15, 0.2) is 47.4 Å². The molecule has 3 rings (SSSR count). The first kappa shape index (κ1) is 24.5. The number of rotatable bonds is 8. The Bertz CT molecular complexity index is 1160. The van der Waals surface area contributed by atoms with Crippen LogP contribution in [0.5, 0.6) is 0 Å². The van der Waals surface area contributed by atoms with Gasteiger partial charge in [0.2, 0.25) is 4.90 Å². The summed E-state index contributed by atoms with van der Waals surface area (Å²) in [5.74, 6) is 0.372. The number of benzene rings is 2. The van der Waals surface area contributed by atoms with Crippen LogP contribution in [0.1, 0.15) is 30.8 Å². The van der Waals surface area contributed by atoms with E-state index in [1.54, 1.807) is 22.9 Å². The van der Waals surface area contributed by atoms with Gasteiger partial charge in [-0.25, -0.2) is 0 Å². The van der Waals surface area contributed by atoms with Crippen LogP contribution in [-0.2, 0) is 34.6 Å². The molecule has 3 aromatic rings. The summed E-state index contributed by atoms with van der Waals surface area (Å²) in [6, 6.07) is 13.2. The maximum absolute atomic E-state index is 13.3. The second-order valence-corrected chi connectivity index (χ2v) is 11.0. The van der Waals surface area contributed by atoms with E-state index in [9.17, 15) is 8.76 Å². The van der Waals surface area contributed by atoms with Gasteiger partial charge in [-0.2, -0.15) is 14.4 Å². The highest BCUT2D eigenvalue weighted by Gasteiger charge is 2.33. The zero-order chi connectivity index (χ0) is 23.6. The van der Waals surface area contributed by atoms with Crippen LogP contribution in [0.3, 0.4) is 0 Å². The van der Waals surface area contributed by atoms with Crippen molar-refractivity contribution in [1.82, 2.24) is 14.7 Å². The van der Waals surface area contributed by atoms with Gasteiger partial charge in [0, 0.05) is 25.2 Å². The van der Waals surface area contributed by atoms with Crippen molar-refractivity contribution in [3.8, 4) is 11.1 Å². The zero-order valence-corrected chi connectivity index (χ0v) is 21.1. The van der Waals surface area contributed by atoms with E-state index in [0.29, 0.717) is 23.0 Å². The number of hydrogen-bond donors (Lipinski definition) is 2. The van der Waals surface area contributed by atoms with Gasteiger partial charge < -0.3 is 4.90 Å². The Hall–Kier alpha value is -2.19. The second kappa shape index (κ2) is 9.75. The molecule has 0 aliphatic heterocycles. The second-order valence-electron chi connectivity index (χ2n) is 8.84. The fraction of sp³-hybridized carbons (Fsp3) is 0.375. The van der Waals surface area contributed by atoms with Crippen molar-refractivity contribution >= 4 is 27.7 Å². The molecule has 1 aromatic heterocycles. The molecule has 0 fully saturated rings. The van der Waals surface area contributed by atoms with Crippen LogP contribution in [-0.4, -0.2) is 33.3 Å². The van der Waals surface area contributed by atoms with E-state index < -0.39 is 10.4 Å². The van der Waals surface area contributed by atoms with Gasteiger partial charge in [-0.3, -0.25) is 4.68 Å². The molecule has 172 valence electrons. The SMILES string of the molecule is Cc1c(N[S+](=O)(O)c2ccc(-c3cccc(CN(C)C)c3)c(Cl)c2)c(CC(C)C)nn1C. The summed E-state index contributed by atoms with van der Waals surface area (Å²) in [4.78, 5) is 2.33. The van der Waals surface area contributed by atoms with Crippen LogP contribution in [0.2, 0.25) is 5.02 Å². The lowest BCUT2D eigenvalue weighted by Crippen LogP contribution is -2.22. The quantitative estimate of drug-likeness (QED) is 0.412. The number of aryl methyl sites for hydroxylation is 1. The highest BCUT2D eigenvalue weighted by atomic mass is 35.5. The largest absolute Gasteiger partial charge is 0.346 e. The van der Waals surface area contributed by atoms with Gasteiger partial charge in [0.25, 0.3) is 0 Å². The maximum Gasteiger partial charge on any atom is 0.346 e. The normalized spacial score (nSPS) is 13.6. The van der Waals surface area contributed by atoms with Crippen LogP contribution >= 0.6 is 11.6 Å². The third kappa shape index (κ3) is 5.59. The first-order valence-electron chi connectivity index (χ1n) is 10.6. The molecule has 0 aliphatic rings. The minimum Gasteiger partial charge on any atom is -0.305 e. The lowest BCUT2D eigenvalue weighted by molar-refractivity contribution is 0.402. The molecule has 0 saturated carbocycles. The lowest BCUT2D eigenvalue weighted by atomic mass is 10.0. The predicted octanol–water partition coefficient (Wildman–Crippen LogP) is 5.67. The summed E-state index contributed by atoms with van der Waals surface area (Å²) in [6.45, 7) is 6.89. The van der Waals surface area contributed by atoms with E-state index >= 15 is 0 Å². The number of anilines is 1. The highest BCUT2D eigenvalue weighted by molar-refractivity contribution is 7.99. The van der Waals surface area contributed by atoms with E-state index in [2.05, 4.69) is 40.7 Å². The Morgan fingerprint density at radius 3 is 2.56 bits per heavy atom. The molecule has 0 bridgehead atoms. The molecule has 2 aromatic carbocycles. The van der Waals surface area contributed by atoms with Gasteiger partial charge in [0.05, 0.1) is 16.4 Å². The summed E-state index contributed by atoms with van der Waals surface area (Å²) in [5, 5.41) is 4.95. The third-order valence-corrected chi connectivity index (χ3v) is 6.93. The Morgan fingerprint density at radius 1 is 1.22 bits per heavy atom. The molecule has 32 heavy (non-hydrogen) atoms. The van der Waals surface area contributed by atoms with Crippen molar-refractivity contribution < 1.29 is 8.76 Å². The number of nitrogens with one attached hydrogen (secondary N) is 1. The maximum atomic E-state index is 13.3. The molecule has 0 aliphatic carbocycles. The number of aromatic nitrogens is 2. The molecule has 1 atom stereocenters. The van der Waals surface area contributed by atoms with Gasteiger partial charge in [0.15, 0.2) is 0 Å². The van der Waals surface area contributed by atoms with Crippen molar-refractivity contribution in [1.29, 1.82) is 0 Å². The number of nitrogens with zero attached hydrogens (tertiary/aromatic N) is 3. The molecule has 0 amide bonds. The minimum absolute atomic E-state index is 0.231. The van der Waals surface area contributed by atoms with Gasteiger partial charge >= 0.3 is 10.4 Å². The fourth-order valence-corrected chi connectivity index (χ4v) is 5.19. The monoisotopic (exact) mass is 475 g/mol. The first-order valence-corrected chi connectivity index (χ1v) is 12.5. The molecule has 0 spiro atoms. The molecule has 8 heteroatoms. The predicted molar refractivity (Wildman–Crippen MR) is 133 cm³/mol. The summed E-state index contributed by atoms with van der Waals surface area (Å²) in [6.07, 6.45) is 0.711. The third-order valence-electron chi connectivity index (χ3n) is 5.25. The molecular formula is C24H32ClN4O2S+. The van der Waals surface area contributed by atoms with Crippen molar-refractivity contribution in [2.45, 2.75) is 38.6 Å². The van der Waals surface area contributed by atoms with E-state index in [1.165, 1.54) is 5.56 Å². The van der Waals surface area contributed by atoms with Gasteiger partial charge in [0.1, 0.15) is 5.69 Å². The minimum atomic E-state index is -3.57. The highest BCUT2D eigenvalue weighted by Crippen LogP contribution is 2.33. The van der Waals surface area contributed by atoms with Crippen molar-refractivity contribution in [3.63, 3.8) is 0 Å². The standard InChI is InChI=1S/C24H31ClN4O2S/c1-16(2)12-23-24(17(3)29(6)26-23)27-32(30,31)20-10-11-21(22(25)14-20)19-9-7-8-18(13-19)15-28(4)5/h7-11,13-14,16H,12,15H2,1-6H3,(H-,27,30,31)/p+1. The van der Waals surface area contributed by atoms with Gasteiger partial charge in [-0.1, -0.05) is 43.6 Å². The summed E-state index contributed by atoms with van der Waals surface area (Å²) >= 11 is 6.58. The summed E-state index contributed by atoms with van der Waals surface area (Å²) < 4.78 is 28.7. The average Bonchev–Trinajstić information content (AvgIpc) is 2.94. The van der Waals surface area contributed by atoms with E-state index in [0.717, 1.165) is 29.1 Å². The van der Waals surface area contributed by atoms with Crippen molar-refractivity contribution in [2.75, 3.05) is 18.8 Å². The van der Waals surface area contributed by atoms with Crippen LogP contribution in [0, 0.1) is 12.8 Å². The van der Waals surface area contributed by atoms with E-state index in [-0.39, 0.29) is 4.90 Å². The molecule has 0 saturated heterocycles. The van der Waals surface area contributed by atoms with Gasteiger partial charge in [-0.15, -0.1) is 0 Å². The molecule has 1 heterocycles. The Morgan fingerprint density at radius 2 is 1.94 bits per heavy atom. The molecular weight excluding hydrogens is 444 g/mol. The van der Waals surface area contributed by atoms with Crippen LogP contribution in [0.4, 0.5) is 5.69 Å². The molecule has 1 unspecified atom stereocenters. The average molecular weight is 476 g/mol. The fourth-order valence-electron chi connectivity index (χ4n) is 3.64. The number of hydrogen-bond acceptors (Lipinski definition) is 3. The molecule has 2 N–H and O–H groups in total. The Labute approximate surface area is 197 Å². The van der Waals surface area contributed by atoms with Crippen LogP contribution < -0.4 is 4.72 Å². The first-order chi connectivity index (χ1) is 15.0. The van der Waals surface area contributed by atoms with Crippen LogP contribution in [0.25, 0.3) is 11.1 Å². The smallest absolute Gasteiger partial charge is 0.305 e. The Balaban J connectivity index is 1.91. The topological polar surface area (TPSA) is 70.4 Å². The summed E-state index contributed by atoms with van der Waals surface area (Å²) in [5.41, 5.74) is 5.16. The van der Waals surface area contributed by atoms with E-state index in [4.69, 9.17) is 11.6 Å². The van der Waals surface area contributed by atoms with E-state index in [1.807, 2.05) is 40.2 Å². The Kier molecular flexibility index (Phi) is 7.45. The van der Waals surface area contributed by atoms with Gasteiger partial charge in [-0.05, 0) is 66.9 Å². The lowest BCUT2D eigenvalue weighted by Gasteiger charge is -2.13. The molecule has 6 nitrogen and oxygen atoms in total. The zero-order valence-electron chi connectivity index (χ0n) is 19.5. The number of halogens is 1. The van der Waals surface area contributed by atoms with Crippen molar-refractivity contribution in [3.05, 3.63) is 64.4 Å². The molecule has 0 radical (unpaired) electrons. The van der Waals surface area contributed by atoms with Crippen molar-refractivity contribution in [2.24, 2.45) is 13.0 Å².